The highest BCUT2D eigenvalue weighted by atomic mass is 32.1. The van der Waals surface area contributed by atoms with Gasteiger partial charge in [0.05, 0.1) is 10.9 Å². The lowest BCUT2D eigenvalue weighted by atomic mass is 10.1. The molecule has 132 valence electrons. The maximum atomic E-state index is 12.7. The lowest BCUT2D eigenvalue weighted by Gasteiger charge is -2.09. The number of fused-ring (bicyclic) bond motifs is 2. The summed E-state index contributed by atoms with van der Waals surface area (Å²) in [6.07, 6.45) is 2.91. The van der Waals surface area contributed by atoms with Crippen LogP contribution in [0.15, 0.2) is 10.9 Å². The molecule has 0 radical (unpaired) electrons. The molecule has 26 heavy (non-hydrogen) atoms. The number of carbonyl (C=O) groups excluding carboxylic acids is 1. The molecule has 0 aromatic carbocycles. The molecule has 0 aliphatic heterocycles. The van der Waals surface area contributed by atoms with Crippen LogP contribution in [0.25, 0.3) is 10.2 Å². The number of amides is 1. The van der Waals surface area contributed by atoms with Gasteiger partial charge in [0, 0.05) is 9.75 Å². The normalized spacial score (nSPS) is 13.0. The predicted molar refractivity (Wildman–Crippen MR) is 103 cm³/mol. The first-order valence-electron chi connectivity index (χ1n) is 8.30. The Morgan fingerprint density at radius 3 is 2.96 bits per heavy atom. The third-order valence-electron chi connectivity index (χ3n) is 4.55. The first-order chi connectivity index (χ1) is 12.5. The van der Waals surface area contributed by atoms with Gasteiger partial charge in [-0.15, -0.1) is 22.7 Å². The van der Waals surface area contributed by atoms with Crippen molar-refractivity contribution in [2.75, 3.05) is 5.32 Å². The standard InChI is InChI=1S/C18H16N4O2S2/c1-9-6-12-16(25-9)20-10(2)22(18(12)24)8-15(23)21-17-13(7-19)11-4-3-5-14(11)26-17/h6H,3-5,8H2,1-2H3,(H,21,23). The van der Waals surface area contributed by atoms with Crippen LogP contribution >= 0.6 is 22.7 Å². The van der Waals surface area contributed by atoms with Crippen LogP contribution in [-0.2, 0) is 24.2 Å². The van der Waals surface area contributed by atoms with Crippen molar-refractivity contribution in [3.8, 4) is 6.07 Å². The van der Waals surface area contributed by atoms with Crippen molar-refractivity contribution in [3.63, 3.8) is 0 Å². The zero-order chi connectivity index (χ0) is 18.4. The third-order valence-corrected chi connectivity index (χ3v) is 6.70. The van der Waals surface area contributed by atoms with Crippen LogP contribution in [-0.4, -0.2) is 15.5 Å². The zero-order valence-corrected chi connectivity index (χ0v) is 16.0. The van der Waals surface area contributed by atoms with Crippen molar-refractivity contribution < 1.29 is 4.79 Å². The van der Waals surface area contributed by atoms with Crippen molar-refractivity contribution in [3.05, 3.63) is 43.1 Å². The topological polar surface area (TPSA) is 87.8 Å². The molecule has 0 unspecified atom stereocenters. The van der Waals surface area contributed by atoms with Crippen LogP contribution < -0.4 is 10.9 Å². The second-order valence-corrected chi connectivity index (χ2v) is 8.69. The number of nitriles is 1. The van der Waals surface area contributed by atoms with Crippen molar-refractivity contribution >= 4 is 43.8 Å². The largest absolute Gasteiger partial charge is 0.315 e. The maximum Gasteiger partial charge on any atom is 0.262 e. The molecule has 0 saturated heterocycles. The molecule has 0 spiro atoms. The van der Waals surface area contributed by atoms with E-state index in [-0.39, 0.29) is 18.0 Å². The fourth-order valence-corrected chi connectivity index (χ4v) is 5.52. The van der Waals surface area contributed by atoms with Gasteiger partial charge in [0.25, 0.3) is 5.56 Å². The molecule has 1 N–H and O–H groups in total. The molecule has 1 aliphatic carbocycles. The highest BCUT2D eigenvalue weighted by molar-refractivity contribution is 7.18. The van der Waals surface area contributed by atoms with Gasteiger partial charge in [0.2, 0.25) is 5.91 Å². The fourth-order valence-electron chi connectivity index (χ4n) is 3.34. The smallest absolute Gasteiger partial charge is 0.262 e. The molecule has 8 heteroatoms. The molecule has 1 amide bonds. The third kappa shape index (κ3) is 2.73. The molecule has 1 aliphatic rings. The van der Waals surface area contributed by atoms with Crippen molar-refractivity contribution in [2.45, 2.75) is 39.7 Å². The van der Waals surface area contributed by atoms with Gasteiger partial charge in [-0.3, -0.25) is 14.2 Å². The predicted octanol–water partition coefficient (Wildman–Crippen LogP) is 3.14. The van der Waals surface area contributed by atoms with E-state index in [1.54, 1.807) is 13.0 Å². The van der Waals surface area contributed by atoms with Gasteiger partial charge in [-0.25, -0.2) is 4.98 Å². The molecule has 0 saturated carbocycles. The summed E-state index contributed by atoms with van der Waals surface area (Å²) in [5, 5.41) is 13.4. The van der Waals surface area contributed by atoms with Gasteiger partial charge in [-0.1, -0.05) is 0 Å². The Kier molecular flexibility index (Phi) is 4.13. The van der Waals surface area contributed by atoms with Crippen LogP contribution in [0.4, 0.5) is 5.00 Å². The summed E-state index contributed by atoms with van der Waals surface area (Å²) in [4.78, 5) is 32.5. The molecule has 3 aromatic rings. The Bertz CT molecular complexity index is 1150. The zero-order valence-electron chi connectivity index (χ0n) is 14.4. The monoisotopic (exact) mass is 384 g/mol. The maximum absolute atomic E-state index is 12.7. The molecular formula is C18H16N4O2S2. The van der Waals surface area contributed by atoms with Crippen molar-refractivity contribution in [1.82, 2.24) is 9.55 Å². The molecular weight excluding hydrogens is 368 g/mol. The lowest BCUT2D eigenvalue weighted by Crippen LogP contribution is -2.29. The molecule has 3 aromatic heterocycles. The highest BCUT2D eigenvalue weighted by Crippen LogP contribution is 2.38. The highest BCUT2D eigenvalue weighted by Gasteiger charge is 2.23. The summed E-state index contributed by atoms with van der Waals surface area (Å²) >= 11 is 2.94. The minimum absolute atomic E-state index is 0.115. The molecule has 0 atom stereocenters. The van der Waals surface area contributed by atoms with Crippen LogP contribution in [0.5, 0.6) is 0 Å². The number of hydrogen-bond donors (Lipinski definition) is 1. The van der Waals surface area contributed by atoms with Gasteiger partial charge < -0.3 is 5.32 Å². The van der Waals surface area contributed by atoms with E-state index in [2.05, 4.69) is 16.4 Å². The summed E-state index contributed by atoms with van der Waals surface area (Å²) < 4.78 is 1.39. The number of aromatic nitrogens is 2. The van der Waals surface area contributed by atoms with E-state index in [4.69, 9.17) is 0 Å². The first-order valence-corrected chi connectivity index (χ1v) is 9.93. The van der Waals surface area contributed by atoms with E-state index in [1.165, 1.54) is 32.1 Å². The van der Waals surface area contributed by atoms with Crippen LogP contribution in [0.2, 0.25) is 0 Å². The number of nitrogens with one attached hydrogen (secondary N) is 1. The Labute approximate surface area is 157 Å². The minimum atomic E-state index is -0.320. The molecule has 4 rings (SSSR count). The second kappa shape index (κ2) is 6.34. The molecule has 0 fully saturated rings. The second-order valence-electron chi connectivity index (χ2n) is 6.35. The number of anilines is 1. The van der Waals surface area contributed by atoms with Crippen molar-refractivity contribution in [2.24, 2.45) is 0 Å². The van der Waals surface area contributed by atoms with Crippen LogP contribution in [0.3, 0.4) is 0 Å². The Morgan fingerprint density at radius 2 is 2.19 bits per heavy atom. The molecule has 3 heterocycles. The molecule has 0 bridgehead atoms. The lowest BCUT2D eigenvalue weighted by molar-refractivity contribution is -0.116. The van der Waals surface area contributed by atoms with E-state index >= 15 is 0 Å². The quantitative estimate of drug-likeness (QED) is 0.751. The average Bonchev–Trinajstić information content (AvgIpc) is 3.25. The van der Waals surface area contributed by atoms with Gasteiger partial charge in [-0.2, -0.15) is 5.26 Å². The summed E-state index contributed by atoms with van der Waals surface area (Å²) in [5.74, 6) is 0.188. The summed E-state index contributed by atoms with van der Waals surface area (Å²) in [5.41, 5.74) is 1.43. The van der Waals surface area contributed by atoms with Gasteiger partial charge in [0.1, 0.15) is 28.3 Å². The van der Waals surface area contributed by atoms with E-state index in [0.717, 1.165) is 29.7 Å². The SMILES string of the molecule is Cc1cc2c(=O)n(CC(=O)Nc3sc4c(c3C#N)CCC4)c(C)nc2s1. The van der Waals surface area contributed by atoms with E-state index in [0.29, 0.717) is 26.6 Å². The summed E-state index contributed by atoms with van der Waals surface area (Å²) in [6.45, 7) is 3.54. The van der Waals surface area contributed by atoms with E-state index in [1.807, 2.05) is 6.92 Å². The van der Waals surface area contributed by atoms with E-state index in [9.17, 15) is 14.9 Å². The van der Waals surface area contributed by atoms with Gasteiger partial charge >= 0.3 is 0 Å². The number of carbonyl (C=O) groups is 1. The number of nitrogens with zero attached hydrogens (tertiary/aromatic N) is 3. The average molecular weight is 384 g/mol. The van der Waals surface area contributed by atoms with Crippen molar-refractivity contribution in [1.29, 1.82) is 5.26 Å². The number of thiophene rings is 2. The Morgan fingerprint density at radius 1 is 1.38 bits per heavy atom. The molecule has 6 nitrogen and oxygen atoms in total. The Hall–Kier alpha value is -2.50. The van der Waals surface area contributed by atoms with Crippen LogP contribution in [0, 0.1) is 25.2 Å². The van der Waals surface area contributed by atoms with Gasteiger partial charge in [-0.05, 0) is 44.7 Å². The number of aryl methyl sites for hydroxylation is 3. The van der Waals surface area contributed by atoms with Crippen LogP contribution in [0.1, 0.15) is 33.1 Å². The summed E-state index contributed by atoms with van der Waals surface area (Å²) in [6, 6.07) is 4.02. The van der Waals surface area contributed by atoms with E-state index < -0.39 is 0 Å². The summed E-state index contributed by atoms with van der Waals surface area (Å²) in [7, 11) is 0. The first kappa shape index (κ1) is 16.9. The number of rotatable bonds is 3. The minimum Gasteiger partial charge on any atom is -0.315 e. The fraction of sp³-hybridized carbons (Fsp3) is 0.333. The number of hydrogen-bond acceptors (Lipinski definition) is 6. The Balaban J connectivity index is 1.63. The van der Waals surface area contributed by atoms with Gasteiger partial charge in [0.15, 0.2) is 0 Å².